The molecule has 0 bridgehead atoms. The molecule has 0 spiro atoms. The van der Waals surface area contributed by atoms with Crippen LogP contribution in [0, 0.1) is 18.6 Å². The largest absolute Gasteiger partial charge is 0.488 e. The van der Waals surface area contributed by atoms with Gasteiger partial charge in [0.25, 0.3) is 0 Å². The summed E-state index contributed by atoms with van der Waals surface area (Å²) in [7, 11) is 0. The van der Waals surface area contributed by atoms with Crippen molar-refractivity contribution in [2.24, 2.45) is 0 Å². The Labute approximate surface area is 203 Å². The molecule has 0 saturated heterocycles. The van der Waals surface area contributed by atoms with Crippen molar-refractivity contribution in [2.45, 2.75) is 39.7 Å². The average molecular weight is 483 g/mol. The number of aryl methyl sites for hydroxylation is 1. The van der Waals surface area contributed by atoms with Gasteiger partial charge in [-0.3, -0.25) is 0 Å². The SMILES string of the molecule is CCOC(=O)c1cc(C)cc(C2=C(c3cc(Cl)ccc3OCc3ccc(F)cc3F)CCC2)c1. The number of carbonyl (C=O) groups is 1. The van der Waals surface area contributed by atoms with Gasteiger partial charge in [-0.05, 0) is 97.8 Å². The highest BCUT2D eigenvalue weighted by atomic mass is 35.5. The van der Waals surface area contributed by atoms with E-state index in [-0.39, 0.29) is 18.1 Å². The van der Waals surface area contributed by atoms with E-state index in [2.05, 4.69) is 6.07 Å². The number of ether oxygens (including phenoxy) is 2. The molecule has 3 aromatic rings. The van der Waals surface area contributed by atoms with Crippen LogP contribution in [0.5, 0.6) is 5.75 Å². The average Bonchev–Trinajstić information content (AvgIpc) is 3.29. The van der Waals surface area contributed by atoms with Crippen molar-refractivity contribution in [1.29, 1.82) is 0 Å². The zero-order valence-corrected chi connectivity index (χ0v) is 19.8. The molecule has 0 N–H and O–H groups in total. The lowest BCUT2D eigenvalue weighted by Gasteiger charge is -2.16. The van der Waals surface area contributed by atoms with Crippen molar-refractivity contribution < 1.29 is 23.0 Å². The number of halogens is 3. The first-order valence-corrected chi connectivity index (χ1v) is 11.6. The van der Waals surface area contributed by atoms with Crippen LogP contribution in [0.15, 0.2) is 54.6 Å². The van der Waals surface area contributed by atoms with E-state index in [1.807, 2.05) is 25.1 Å². The van der Waals surface area contributed by atoms with Gasteiger partial charge in [0, 0.05) is 22.2 Å². The summed E-state index contributed by atoms with van der Waals surface area (Å²) in [5.74, 6) is -1.06. The molecule has 4 rings (SSSR count). The highest BCUT2D eigenvalue weighted by molar-refractivity contribution is 6.30. The number of carbonyl (C=O) groups excluding carboxylic acids is 1. The molecule has 0 heterocycles. The zero-order valence-electron chi connectivity index (χ0n) is 19.1. The summed E-state index contributed by atoms with van der Waals surface area (Å²) in [4.78, 5) is 12.4. The minimum atomic E-state index is -0.650. The molecule has 0 unspecified atom stereocenters. The molecule has 6 heteroatoms. The summed E-state index contributed by atoms with van der Waals surface area (Å²) in [6.07, 6.45) is 2.62. The molecule has 34 heavy (non-hydrogen) atoms. The van der Waals surface area contributed by atoms with Gasteiger partial charge in [-0.15, -0.1) is 0 Å². The first kappa shape index (κ1) is 24.0. The van der Waals surface area contributed by atoms with E-state index in [1.165, 1.54) is 12.1 Å². The van der Waals surface area contributed by atoms with Crippen LogP contribution in [0.25, 0.3) is 11.1 Å². The molecule has 3 nitrogen and oxygen atoms in total. The van der Waals surface area contributed by atoms with Gasteiger partial charge in [-0.2, -0.15) is 0 Å². The second-order valence-electron chi connectivity index (χ2n) is 8.28. The Morgan fingerprint density at radius 1 is 1.00 bits per heavy atom. The fourth-order valence-electron chi connectivity index (χ4n) is 4.31. The van der Waals surface area contributed by atoms with Crippen LogP contribution in [0.1, 0.15) is 58.8 Å². The highest BCUT2D eigenvalue weighted by Gasteiger charge is 2.22. The Morgan fingerprint density at radius 3 is 2.56 bits per heavy atom. The Balaban J connectivity index is 1.72. The van der Waals surface area contributed by atoms with Crippen LogP contribution in [-0.4, -0.2) is 12.6 Å². The predicted octanol–water partition coefficient (Wildman–Crippen LogP) is 7.78. The van der Waals surface area contributed by atoms with Crippen molar-refractivity contribution in [2.75, 3.05) is 6.61 Å². The molecule has 1 aliphatic rings. The second kappa shape index (κ2) is 10.4. The molecule has 3 aromatic carbocycles. The maximum Gasteiger partial charge on any atom is 0.338 e. The number of allylic oxidation sites excluding steroid dienone is 2. The number of rotatable bonds is 7. The van der Waals surface area contributed by atoms with Crippen molar-refractivity contribution in [3.8, 4) is 5.75 Å². The van der Waals surface area contributed by atoms with Crippen LogP contribution in [0.2, 0.25) is 5.02 Å². The number of esters is 1. The first-order chi connectivity index (χ1) is 16.4. The van der Waals surface area contributed by atoms with Crippen LogP contribution >= 0.6 is 11.6 Å². The third-order valence-corrected chi connectivity index (χ3v) is 6.05. The Bertz CT molecular complexity index is 1270. The number of hydrogen-bond donors (Lipinski definition) is 0. The maximum atomic E-state index is 14.1. The minimum Gasteiger partial charge on any atom is -0.488 e. The first-order valence-electron chi connectivity index (χ1n) is 11.2. The van der Waals surface area contributed by atoms with Gasteiger partial charge in [0.05, 0.1) is 12.2 Å². The topological polar surface area (TPSA) is 35.5 Å². The lowest BCUT2D eigenvalue weighted by atomic mass is 9.94. The molecule has 0 atom stereocenters. The smallest absolute Gasteiger partial charge is 0.338 e. The standard InChI is InChI=1S/C28H25ClF2O3/c1-3-33-28(32)20-12-17(2)11-19(13-20)23-5-4-6-24(23)25-14-21(29)8-10-27(25)34-16-18-7-9-22(30)15-26(18)31/h7-15H,3-6,16H2,1-2H3. The molecular formula is C28H25ClF2O3. The van der Waals surface area contributed by atoms with Crippen molar-refractivity contribution >= 4 is 28.7 Å². The number of benzene rings is 3. The van der Waals surface area contributed by atoms with E-state index in [4.69, 9.17) is 21.1 Å². The van der Waals surface area contributed by atoms with Gasteiger partial charge >= 0.3 is 5.97 Å². The molecule has 0 aliphatic heterocycles. The zero-order chi connectivity index (χ0) is 24.2. The van der Waals surface area contributed by atoms with E-state index in [1.54, 1.807) is 19.1 Å². The lowest BCUT2D eigenvalue weighted by Crippen LogP contribution is -2.05. The maximum absolute atomic E-state index is 14.1. The molecule has 1 aliphatic carbocycles. The van der Waals surface area contributed by atoms with E-state index < -0.39 is 11.6 Å². The Hall–Kier alpha value is -3.18. The van der Waals surface area contributed by atoms with Crippen LogP contribution in [0.3, 0.4) is 0 Å². The molecule has 0 fully saturated rings. The fraction of sp³-hybridized carbons (Fsp3) is 0.250. The van der Waals surface area contributed by atoms with Crippen molar-refractivity contribution in [3.05, 3.63) is 99.1 Å². The second-order valence-corrected chi connectivity index (χ2v) is 8.72. The van der Waals surface area contributed by atoms with Gasteiger partial charge in [0.1, 0.15) is 24.0 Å². The monoisotopic (exact) mass is 482 g/mol. The van der Waals surface area contributed by atoms with Gasteiger partial charge in [-0.1, -0.05) is 17.7 Å². The third-order valence-electron chi connectivity index (χ3n) is 5.82. The Morgan fingerprint density at radius 2 is 1.79 bits per heavy atom. The van der Waals surface area contributed by atoms with Crippen molar-refractivity contribution in [3.63, 3.8) is 0 Å². The van der Waals surface area contributed by atoms with E-state index >= 15 is 0 Å². The van der Waals surface area contributed by atoms with Crippen LogP contribution in [0.4, 0.5) is 8.78 Å². The van der Waals surface area contributed by atoms with E-state index in [0.717, 1.165) is 53.2 Å². The molecule has 0 saturated carbocycles. The number of hydrogen-bond acceptors (Lipinski definition) is 3. The van der Waals surface area contributed by atoms with E-state index in [0.29, 0.717) is 22.9 Å². The fourth-order valence-corrected chi connectivity index (χ4v) is 4.48. The van der Waals surface area contributed by atoms with Gasteiger partial charge in [-0.25, -0.2) is 13.6 Å². The summed E-state index contributed by atoms with van der Waals surface area (Å²) in [5, 5.41) is 0.561. The summed E-state index contributed by atoms with van der Waals surface area (Å²) in [5.41, 5.74) is 5.75. The van der Waals surface area contributed by atoms with Crippen molar-refractivity contribution in [1.82, 2.24) is 0 Å². The lowest BCUT2D eigenvalue weighted by molar-refractivity contribution is 0.0526. The molecule has 0 radical (unpaired) electrons. The summed E-state index contributed by atoms with van der Waals surface area (Å²) in [6, 6.07) is 14.5. The van der Waals surface area contributed by atoms with Gasteiger partial charge in [0.2, 0.25) is 0 Å². The summed E-state index contributed by atoms with van der Waals surface area (Å²) >= 11 is 6.33. The van der Waals surface area contributed by atoms with Gasteiger partial charge in [0.15, 0.2) is 0 Å². The molecular weight excluding hydrogens is 458 g/mol. The quantitative estimate of drug-likeness (QED) is 0.322. The third kappa shape index (κ3) is 5.31. The molecule has 176 valence electrons. The minimum absolute atomic E-state index is 0.0409. The molecule has 0 aromatic heterocycles. The predicted molar refractivity (Wildman–Crippen MR) is 130 cm³/mol. The highest BCUT2D eigenvalue weighted by Crippen LogP contribution is 2.44. The summed E-state index contributed by atoms with van der Waals surface area (Å²) in [6.45, 7) is 4.01. The van der Waals surface area contributed by atoms with E-state index in [9.17, 15) is 13.6 Å². The summed E-state index contributed by atoms with van der Waals surface area (Å²) < 4.78 is 38.5. The van der Waals surface area contributed by atoms with Crippen LogP contribution < -0.4 is 4.74 Å². The van der Waals surface area contributed by atoms with Gasteiger partial charge < -0.3 is 9.47 Å². The molecule has 0 amide bonds. The normalized spacial score (nSPS) is 13.3. The van der Waals surface area contributed by atoms with Crippen LogP contribution in [-0.2, 0) is 11.3 Å². The Kier molecular flexibility index (Phi) is 7.32.